The van der Waals surface area contributed by atoms with Crippen molar-refractivity contribution in [1.82, 2.24) is 0 Å². The number of benzene rings is 2. The van der Waals surface area contributed by atoms with E-state index in [-0.39, 0.29) is 4.90 Å². The third kappa shape index (κ3) is 4.05. The van der Waals surface area contributed by atoms with Crippen molar-refractivity contribution in [2.24, 2.45) is 0 Å². The number of sulfone groups is 1. The number of halogens is 1. The van der Waals surface area contributed by atoms with E-state index in [0.29, 0.717) is 11.4 Å². The van der Waals surface area contributed by atoms with Crippen molar-refractivity contribution in [3.8, 4) is 0 Å². The van der Waals surface area contributed by atoms with E-state index in [1.165, 1.54) is 12.1 Å². The highest BCUT2D eigenvalue weighted by molar-refractivity contribution is 9.10. The summed E-state index contributed by atoms with van der Waals surface area (Å²) >= 11 is 3.23. The molecule has 0 aliphatic heterocycles. The summed E-state index contributed by atoms with van der Waals surface area (Å²) in [4.78, 5) is 12.0. The fraction of sp³-hybridized carbons (Fsp3) is 0.0714. The molecule has 2 aromatic carbocycles. The molecular formula is C14H13BrN2O3S. The van der Waals surface area contributed by atoms with Crippen molar-refractivity contribution >= 4 is 43.0 Å². The van der Waals surface area contributed by atoms with Crippen molar-refractivity contribution in [2.75, 3.05) is 16.8 Å². The maximum Gasteiger partial charge on any atom is 0.240 e. The normalized spacial score (nSPS) is 11.1. The topological polar surface area (TPSA) is 89.3 Å². The van der Waals surface area contributed by atoms with Gasteiger partial charge in [0.25, 0.3) is 0 Å². The van der Waals surface area contributed by atoms with Gasteiger partial charge in [0, 0.05) is 4.47 Å². The van der Waals surface area contributed by atoms with E-state index in [1.807, 2.05) is 0 Å². The first-order chi connectivity index (χ1) is 9.88. The summed E-state index contributed by atoms with van der Waals surface area (Å²) in [5.41, 5.74) is 6.47. The highest BCUT2D eigenvalue weighted by Crippen LogP contribution is 2.18. The molecule has 0 spiro atoms. The van der Waals surface area contributed by atoms with Gasteiger partial charge in [-0.15, -0.1) is 0 Å². The summed E-state index contributed by atoms with van der Waals surface area (Å²) in [6.45, 7) is 0. The monoisotopic (exact) mass is 368 g/mol. The van der Waals surface area contributed by atoms with E-state index < -0.39 is 21.5 Å². The Bertz CT molecular complexity index is 758. The zero-order chi connectivity index (χ0) is 15.5. The predicted octanol–water partition coefficient (Wildman–Crippen LogP) is 2.44. The maximum atomic E-state index is 12.1. The Balaban J connectivity index is 2.12. The molecule has 0 saturated heterocycles. The molecule has 0 aliphatic rings. The number of amides is 1. The van der Waals surface area contributed by atoms with Crippen LogP contribution in [0.15, 0.2) is 57.9 Å². The minimum absolute atomic E-state index is 0.0990. The minimum Gasteiger partial charge on any atom is -0.397 e. The molecule has 0 fully saturated rings. The molecule has 0 saturated carbocycles. The molecule has 2 aromatic rings. The van der Waals surface area contributed by atoms with Crippen molar-refractivity contribution in [3.05, 3.63) is 53.0 Å². The number of nitrogen functional groups attached to an aromatic ring is 1. The van der Waals surface area contributed by atoms with Crippen LogP contribution in [-0.4, -0.2) is 20.1 Å². The first kappa shape index (κ1) is 15.5. The highest BCUT2D eigenvalue weighted by Gasteiger charge is 2.19. The molecule has 110 valence electrons. The third-order valence-electron chi connectivity index (χ3n) is 2.73. The fourth-order valence-corrected chi connectivity index (χ4v) is 3.09. The first-order valence-electron chi connectivity index (χ1n) is 6.01. The van der Waals surface area contributed by atoms with Crippen LogP contribution in [-0.2, 0) is 14.6 Å². The van der Waals surface area contributed by atoms with E-state index in [2.05, 4.69) is 21.2 Å². The van der Waals surface area contributed by atoms with Crippen LogP contribution in [0.1, 0.15) is 0 Å². The number of rotatable bonds is 4. The van der Waals surface area contributed by atoms with Crippen molar-refractivity contribution in [1.29, 1.82) is 0 Å². The molecule has 3 N–H and O–H groups in total. The summed E-state index contributed by atoms with van der Waals surface area (Å²) in [5.74, 6) is -1.26. The van der Waals surface area contributed by atoms with Gasteiger partial charge in [-0.1, -0.05) is 28.1 Å². The van der Waals surface area contributed by atoms with Crippen LogP contribution in [0.3, 0.4) is 0 Å². The predicted molar refractivity (Wildman–Crippen MR) is 85.7 cm³/mol. The minimum atomic E-state index is -3.68. The van der Waals surface area contributed by atoms with Crippen LogP contribution in [0.4, 0.5) is 11.4 Å². The smallest absolute Gasteiger partial charge is 0.240 e. The molecule has 0 heterocycles. The van der Waals surface area contributed by atoms with Crippen LogP contribution >= 0.6 is 15.9 Å². The van der Waals surface area contributed by atoms with Crippen LogP contribution < -0.4 is 11.1 Å². The summed E-state index contributed by atoms with van der Waals surface area (Å²) in [6.07, 6.45) is 0. The molecule has 2 rings (SSSR count). The second-order valence-electron chi connectivity index (χ2n) is 4.35. The van der Waals surface area contributed by atoms with E-state index in [4.69, 9.17) is 5.73 Å². The highest BCUT2D eigenvalue weighted by atomic mass is 79.9. The summed E-state index contributed by atoms with van der Waals surface area (Å²) in [6, 6.07) is 12.8. The van der Waals surface area contributed by atoms with Crippen molar-refractivity contribution < 1.29 is 13.2 Å². The van der Waals surface area contributed by atoms with Gasteiger partial charge in [-0.2, -0.15) is 0 Å². The molecule has 21 heavy (non-hydrogen) atoms. The molecule has 0 atom stereocenters. The average Bonchev–Trinajstić information content (AvgIpc) is 2.41. The SMILES string of the molecule is Nc1ccccc1NC(=O)CS(=O)(=O)c1ccc(Br)cc1. The molecule has 0 aromatic heterocycles. The van der Waals surface area contributed by atoms with Gasteiger partial charge in [-0.3, -0.25) is 4.79 Å². The van der Waals surface area contributed by atoms with E-state index in [0.717, 1.165) is 4.47 Å². The maximum absolute atomic E-state index is 12.1. The number of carbonyl (C=O) groups is 1. The standard InChI is InChI=1S/C14H13BrN2O3S/c15-10-5-7-11(8-6-10)21(19,20)9-14(18)17-13-4-2-1-3-12(13)16/h1-8H,9,16H2,(H,17,18). The molecule has 0 bridgehead atoms. The molecule has 1 amide bonds. The zero-order valence-electron chi connectivity index (χ0n) is 10.9. The Labute approximate surface area is 131 Å². The largest absolute Gasteiger partial charge is 0.397 e. The van der Waals surface area contributed by atoms with Gasteiger partial charge >= 0.3 is 0 Å². The average molecular weight is 369 g/mol. The summed E-state index contributed by atoms with van der Waals surface area (Å²) in [5, 5.41) is 2.50. The third-order valence-corrected chi connectivity index (χ3v) is 4.89. The summed E-state index contributed by atoms with van der Waals surface area (Å²) < 4.78 is 25.0. The molecule has 5 nitrogen and oxygen atoms in total. The fourth-order valence-electron chi connectivity index (χ4n) is 1.69. The molecule has 7 heteroatoms. The van der Waals surface area contributed by atoms with Crippen molar-refractivity contribution in [3.63, 3.8) is 0 Å². The molecule has 0 aliphatic carbocycles. The number of para-hydroxylation sites is 2. The zero-order valence-corrected chi connectivity index (χ0v) is 13.3. The second kappa shape index (κ2) is 6.28. The Kier molecular flexibility index (Phi) is 4.64. The second-order valence-corrected chi connectivity index (χ2v) is 7.25. The van der Waals surface area contributed by atoms with Gasteiger partial charge in [0.05, 0.1) is 16.3 Å². The van der Waals surface area contributed by atoms with Gasteiger partial charge in [0.1, 0.15) is 5.75 Å². The van der Waals surface area contributed by atoms with Gasteiger partial charge < -0.3 is 11.1 Å². The lowest BCUT2D eigenvalue weighted by Gasteiger charge is -2.08. The van der Waals surface area contributed by atoms with Gasteiger partial charge in [-0.05, 0) is 36.4 Å². The number of anilines is 2. The van der Waals surface area contributed by atoms with Gasteiger partial charge in [-0.25, -0.2) is 8.42 Å². The Morgan fingerprint density at radius 1 is 1.10 bits per heavy atom. The Morgan fingerprint density at radius 2 is 1.71 bits per heavy atom. The van der Waals surface area contributed by atoms with E-state index in [1.54, 1.807) is 36.4 Å². The van der Waals surface area contributed by atoms with Gasteiger partial charge in [0.15, 0.2) is 9.84 Å². The van der Waals surface area contributed by atoms with Crippen LogP contribution in [0.25, 0.3) is 0 Å². The van der Waals surface area contributed by atoms with Crippen molar-refractivity contribution in [2.45, 2.75) is 4.90 Å². The molecule has 0 unspecified atom stereocenters. The Morgan fingerprint density at radius 3 is 2.33 bits per heavy atom. The first-order valence-corrected chi connectivity index (χ1v) is 8.46. The number of hydrogen-bond acceptors (Lipinski definition) is 4. The summed E-state index contributed by atoms with van der Waals surface area (Å²) in [7, 11) is -3.68. The van der Waals surface area contributed by atoms with Crippen LogP contribution in [0, 0.1) is 0 Å². The van der Waals surface area contributed by atoms with Gasteiger partial charge in [0.2, 0.25) is 5.91 Å². The quantitative estimate of drug-likeness (QED) is 0.811. The van der Waals surface area contributed by atoms with E-state index >= 15 is 0 Å². The lowest BCUT2D eigenvalue weighted by atomic mass is 10.3. The number of nitrogens with one attached hydrogen (secondary N) is 1. The van der Waals surface area contributed by atoms with Crippen LogP contribution in [0.2, 0.25) is 0 Å². The number of nitrogens with two attached hydrogens (primary N) is 1. The van der Waals surface area contributed by atoms with Crippen LogP contribution in [0.5, 0.6) is 0 Å². The van der Waals surface area contributed by atoms with E-state index in [9.17, 15) is 13.2 Å². The number of hydrogen-bond donors (Lipinski definition) is 2. The molecule has 0 radical (unpaired) electrons. The Hall–Kier alpha value is -1.86. The number of carbonyl (C=O) groups excluding carboxylic acids is 1. The lowest BCUT2D eigenvalue weighted by Crippen LogP contribution is -2.23. The molecular weight excluding hydrogens is 356 g/mol. The lowest BCUT2D eigenvalue weighted by molar-refractivity contribution is -0.113.